The third-order valence-corrected chi connectivity index (χ3v) is 2.15. The van der Waals surface area contributed by atoms with Crippen molar-refractivity contribution < 1.29 is 9.53 Å². The molecule has 1 heterocycles. The summed E-state index contributed by atoms with van der Waals surface area (Å²) in [5.41, 5.74) is 0. The van der Waals surface area contributed by atoms with Crippen molar-refractivity contribution in [2.24, 2.45) is 11.8 Å². The monoisotopic (exact) mass is 126 g/mol. The van der Waals surface area contributed by atoms with E-state index >= 15 is 0 Å². The zero-order valence-corrected chi connectivity index (χ0v) is 5.30. The smallest absolute Gasteiger partial charge is 0.164 e. The first-order valence-electron chi connectivity index (χ1n) is 3.48. The molecule has 1 aliphatic carbocycles. The van der Waals surface area contributed by atoms with E-state index in [-0.39, 0.29) is 5.92 Å². The van der Waals surface area contributed by atoms with Crippen molar-refractivity contribution >= 4 is 5.78 Å². The average Bonchev–Trinajstić information content (AvgIpc) is 2.58. The van der Waals surface area contributed by atoms with E-state index in [0.29, 0.717) is 24.9 Å². The van der Waals surface area contributed by atoms with Gasteiger partial charge in [0.25, 0.3) is 0 Å². The summed E-state index contributed by atoms with van der Waals surface area (Å²) in [5, 5.41) is 0. The molecule has 50 valence electrons. The fraction of sp³-hybridized carbons (Fsp3) is 0.857. The molecule has 1 aliphatic heterocycles. The maximum Gasteiger partial charge on any atom is 0.164 e. The van der Waals surface area contributed by atoms with E-state index in [1.165, 1.54) is 12.8 Å². The van der Waals surface area contributed by atoms with E-state index in [1.54, 1.807) is 0 Å². The third kappa shape index (κ3) is 0.874. The van der Waals surface area contributed by atoms with Crippen LogP contribution in [0.15, 0.2) is 0 Å². The van der Waals surface area contributed by atoms with Crippen LogP contribution in [0.25, 0.3) is 0 Å². The van der Waals surface area contributed by atoms with Crippen molar-refractivity contribution in [2.45, 2.75) is 12.8 Å². The fourth-order valence-corrected chi connectivity index (χ4v) is 1.38. The third-order valence-electron chi connectivity index (χ3n) is 2.15. The summed E-state index contributed by atoms with van der Waals surface area (Å²) >= 11 is 0. The molecule has 2 nitrogen and oxygen atoms in total. The molecule has 2 rings (SSSR count). The highest BCUT2D eigenvalue weighted by atomic mass is 16.5. The lowest BCUT2D eigenvalue weighted by molar-refractivity contribution is -0.120. The molecule has 0 N–H and O–H groups in total. The molecule has 0 radical (unpaired) electrons. The number of carbonyl (C=O) groups is 1. The maximum atomic E-state index is 10.9. The van der Waals surface area contributed by atoms with Crippen molar-refractivity contribution in [3.05, 3.63) is 0 Å². The summed E-state index contributed by atoms with van der Waals surface area (Å²) in [7, 11) is 0. The van der Waals surface area contributed by atoms with Gasteiger partial charge in [-0.25, -0.2) is 0 Å². The van der Waals surface area contributed by atoms with Crippen LogP contribution in [0.5, 0.6) is 0 Å². The van der Waals surface area contributed by atoms with Gasteiger partial charge in [-0.3, -0.25) is 4.79 Å². The Labute approximate surface area is 54.2 Å². The van der Waals surface area contributed by atoms with E-state index in [9.17, 15) is 4.79 Å². The van der Waals surface area contributed by atoms with Crippen LogP contribution in [0.3, 0.4) is 0 Å². The lowest BCUT2D eigenvalue weighted by Gasteiger charge is -1.99. The number of hydrogen-bond acceptors (Lipinski definition) is 2. The number of rotatable bonds is 1. The van der Waals surface area contributed by atoms with E-state index < -0.39 is 0 Å². The van der Waals surface area contributed by atoms with Gasteiger partial charge in [-0.05, 0) is 18.8 Å². The van der Waals surface area contributed by atoms with Crippen LogP contribution in [-0.4, -0.2) is 19.0 Å². The molecule has 2 heteroatoms. The molecule has 0 aromatic rings. The molecule has 0 aromatic carbocycles. The van der Waals surface area contributed by atoms with E-state index in [0.717, 1.165) is 0 Å². The molecular formula is C7H10O2. The molecule has 2 fully saturated rings. The highest BCUT2D eigenvalue weighted by Gasteiger charge is 2.38. The lowest BCUT2D eigenvalue weighted by atomic mass is 10.0. The first-order chi connectivity index (χ1) is 4.38. The van der Waals surface area contributed by atoms with Gasteiger partial charge in [0.05, 0.1) is 6.61 Å². The van der Waals surface area contributed by atoms with Gasteiger partial charge in [0.15, 0.2) is 5.78 Å². The zero-order valence-electron chi connectivity index (χ0n) is 5.30. The second kappa shape index (κ2) is 1.81. The van der Waals surface area contributed by atoms with Crippen molar-refractivity contribution in [2.75, 3.05) is 13.2 Å². The molecule has 2 aliphatic rings. The molecular weight excluding hydrogens is 116 g/mol. The van der Waals surface area contributed by atoms with Gasteiger partial charge < -0.3 is 4.74 Å². The van der Waals surface area contributed by atoms with Crippen molar-refractivity contribution in [1.82, 2.24) is 0 Å². The van der Waals surface area contributed by atoms with Gasteiger partial charge in [-0.2, -0.15) is 0 Å². The Morgan fingerprint density at radius 2 is 2.22 bits per heavy atom. The molecule has 9 heavy (non-hydrogen) atoms. The van der Waals surface area contributed by atoms with E-state index in [2.05, 4.69) is 0 Å². The number of ketones is 1. The van der Waals surface area contributed by atoms with Crippen LogP contribution in [0.4, 0.5) is 0 Å². The summed E-state index contributed by atoms with van der Waals surface area (Å²) in [4.78, 5) is 10.9. The van der Waals surface area contributed by atoms with Crippen LogP contribution in [-0.2, 0) is 9.53 Å². The molecule has 1 atom stereocenters. The second-order valence-electron chi connectivity index (χ2n) is 2.93. The Hall–Kier alpha value is -0.370. The Bertz CT molecular complexity index is 138. The number of ether oxygens (including phenoxy) is 1. The maximum absolute atomic E-state index is 10.9. The number of hydrogen-bond donors (Lipinski definition) is 0. The minimum absolute atomic E-state index is 0.282. The number of carbonyl (C=O) groups excluding carboxylic acids is 1. The van der Waals surface area contributed by atoms with Crippen LogP contribution >= 0.6 is 0 Å². The van der Waals surface area contributed by atoms with Crippen LogP contribution in [0.2, 0.25) is 0 Å². The Morgan fingerprint density at radius 3 is 2.67 bits per heavy atom. The topological polar surface area (TPSA) is 26.3 Å². The number of Topliss-reactive ketones (excluding diaryl/α,β-unsaturated/α-hetero) is 1. The molecule has 1 saturated heterocycles. The van der Waals surface area contributed by atoms with Crippen molar-refractivity contribution in [3.8, 4) is 0 Å². The zero-order chi connectivity index (χ0) is 6.27. The summed E-state index contributed by atoms with van der Waals surface area (Å²) in [6.07, 6.45) is 2.50. The van der Waals surface area contributed by atoms with Crippen LogP contribution < -0.4 is 0 Å². The summed E-state index contributed by atoms with van der Waals surface area (Å²) < 4.78 is 5.02. The molecule has 0 bridgehead atoms. The van der Waals surface area contributed by atoms with Gasteiger partial charge in [0, 0.05) is 5.92 Å². The highest BCUT2D eigenvalue weighted by molar-refractivity contribution is 5.84. The normalized spacial score (nSPS) is 35.6. The molecule has 0 aromatic heterocycles. The van der Waals surface area contributed by atoms with Crippen LogP contribution in [0, 0.1) is 11.8 Å². The van der Waals surface area contributed by atoms with Crippen molar-refractivity contribution in [1.29, 1.82) is 0 Å². The predicted octanol–water partition coefficient (Wildman–Crippen LogP) is 0.612. The summed E-state index contributed by atoms with van der Waals surface area (Å²) in [5.74, 6) is 1.31. The van der Waals surface area contributed by atoms with Gasteiger partial charge >= 0.3 is 0 Å². The second-order valence-corrected chi connectivity index (χ2v) is 2.93. The van der Waals surface area contributed by atoms with Gasteiger partial charge in [0.1, 0.15) is 6.61 Å². The largest absolute Gasteiger partial charge is 0.373 e. The lowest BCUT2D eigenvalue weighted by Crippen LogP contribution is -2.12. The van der Waals surface area contributed by atoms with Gasteiger partial charge in [-0.15, -0.1) is 0 Å². The summed E-state index contributed by atoms with van der Waals surface area (Å²) in [6, 6.07) is 0. The van der Waals surface area contributed by atoms with Crippen LogP contribution in [0.1, 0.15) is 12.8 Å². The van der Waals surface area contributed by atoms with E-state index in [1.807, 2.05) is 0 Å². The van der Waals surface area contributed by atoms with Crippen molar-refractivity contribution in [3.63, 3.8) is 0 Å². The molecule has 0 spiro atoms. The SMILES string of the molecule is O=C1COCC1C1CC1. The van der Waals surface area contributed by atoms with Gasteiger partial charge in [0.2, 0.25) is 0 Å². The molecule has 1 saturated carbocycles. The predicted molar refractivity (Wildman–Crippen MR) is 32.0 cm³/mol. The standard InChI is InChI=1S/C7H10O2/c8-7-4-9-3-6(7)5-1-2-5/h5-6H,1-4H2. The average molecular weight is 126 g/mol. The van der Waals surface area contributed by atoms with E-state index in [4.69, 9.17) is 4.74 Å². The molecule has 1 unspecified atom stereocenters. The molecule has 0 amide bonds. The first-order valence-corrected chi connectivity index (χ1v) is 3.48. The minimum atomic E-state index is 0.282. The first kappa shape index (κ1) is 5.42. The fourth-order valence-electron chi connectivity index (χ4n) is 1.38. The minimum Gasteiger partial charge on any atom is -0.373 e. The van der Waals surface area contributed by atoms with Gasteiger partial charge in [-0.1, -0.05) is 0 Å². The highest BCUT2D eigenvalue weighted by Crippen LogP contribution is 2.38. The Balaban J connectivity index is 2.01. The Kier molecular flexibility index (Phi) is 1.09. The summed E-state index contributed by atoms with van der Waals surface area (Å²) in [6.45, 7) is 1.07. The Morgan fingerprint density at radius 1 is 1.44 bits per heavy atom. The quantitative estimate of drug-likeness (QED) is 0.514.